The van der Waals surface area contributed by atoms with Gasteiger partial charge in [-0.05, 0) is 42.9 Å². The van der Waals surface area contributed by atoms with Gasteiger partial charge in [-0.15, -0.1) is 11.3 Å². The van der Waals surface area contributed by atoms with Crippen molar-refractivity contribution in [2.75, 3.05) is 5.32 Å². The number of para-hydroxylation sites is 2. The molecule has 1 aromatic heterocycles. The Bertz CT molecular complexity index is 1150. The summed E-state index contributed by atoms with van der Waals surface area (Å²) < 4.78 is 6.02. The number of fused-ring (bicyclic) bond motifs is 3. The van der Waals surface area contributed by atoms with Crippen LogP contribution in [0.5, 0.6) is 11.5 Å². The van der Waals surface area contributed by atoms with E-state index in [0.29, 0.717) is 28.0 Å². The Morgan fingerprint density at radius 1 is 1.09 bits per heavy atom. The van der Waals surface area contributed by atoms with Gasteiger partial charge in [0, 0.05) is 16.0 Å². The van der Waals surface area contributed by atoms with E-state index in [9.17, 15) is 9.59 Å². The fourth-order valence-electron chi connectivity index (χ4n) is 5.03. The molecular weight excluding hydrogens is 420 g/mol. The number of hydrogen-bond donors (Lipinski definition) is 2. The summed E-state index contributed by atoms with van der Waals surface area (Å²) in [6.45, 7) is 2.20. The third-order valence-corrected chi connectivity index (χ3v) is 7.66. The third kappa shape index (κ3) is 3.58. The van der Waals surface area contributed by atoms with Crippen LogP contribution in [-0.2, 0) is 17.6 Å². The molecule has 0 fully saturated rings. The van der Waals surface area contributed by atoms with Gasteiger partial charge in [-0.3, -0.25) is 9.59 Å². The number of nitrogens with two attached hydrogens (primary N) is 1. The third-order valence-electron chi connectivity index (χ3n) is 6.49. The van der Waals surface area contributed by atoms with Crippen molar-refractivity contribution >= 4 is 28.2 Å². The quantitative estimate of drug-likeness (QED) is 0.533. The van der Waals surface area contributed by atoms with Crippen molar-refractivity contribution in [2.24, 2.45) is 11.7 Å². The fourth-order valence-corrected chi connectivity index (χ4v) is 6.40. The molecule has 0 saturated heterocycles. The second-order valence-corrected chi connectivity index (χ2v) is 9.67. The van der Waals surface area contributed by atoms with Crippen LogP contribution in [0.3, 0.4) is 0 Å². The van der Waals surface area contributed by atoms with Crippen LogP contribution in [0.4, 0.5) is 5.00 Å². The number of carbonyl (C=O) groups excluding carboxylic acids is 2. The van der Waals surface area contributed by atoms with Gasteiger partial charge in [-0.25, -0.2) is 0 Å². The van der Waals surface area contributed by atoms with E-state index >= 15 is 0 Å². The van der Waals surface area contributed by atoms with Gasteiger partial charge in [0.2, 0.25) is 5.91 Å². The van der Waals surface area contributed by atoms with Crippen molar-refractivity contribution in [3.63, 3.8) is 0 Å². The van der Waals surface area contributed by atoms with Crippen LogP contribution >= 0.6 is 11.3 Å². The minimum atomic E-state index is -0.524. The minimum absolute atomic E-state index is 0.181. The van der Waals surface area contributed by atoms with E-state index in [0.717, 1.165) is 42.4 Å². The zero-order chi connectivity index (χ0) is 22.2. The highest BCUT2D eigenvalue weighted by molar-refractivity contribution is 7.17. The first-order chi connectivity index (χ1) is 15.6. The number of thiophene rings is 1. The number of hydrogen-bond acceptors (Lipinski definition) is 4. The Labute approximate surface area is 191 Å². The summed E-state index contributed by atoms with van der Waals surface area (Å²) in [5.41, 5.74) is 8.92. The predicted octanol–water partition coefficient (Wildman–Crippen LogP) is 5.63. The molecule has 6 heteroatoms. The molecule has 164 valence electrons. The highest BCUT2D eigenvalue weighted by atomic mass is 32.1. The second-order valence-electron chi connectivity index (χ2n) is 8.57. The molecule has 2 amide bonds. The van der Waals surface area contributed by atoms with Crippen molar-refractivity contribution < 1.29 is 14.3 Å². The molecule has 0 saturated carbocycles. The molecule has 1 aliphatic carbocycles. The van der Waals surface area contributed by atoms with E-state index in [-0.39, 0.29) is 5.91 Å². The number of rotatable bonds is 5. The first kappa shape index (κ1) is 20.8. The number of carbonyl (C=O) groups is 2. The summed E-state index contributed by atoms with van der Waals surface area (Å²) in [6.07, 6.45) is 5.19. The van der Waals surface area contributed by atoms with E-state index < -0.39 is 11.8 Å². The Morgan fingerprint density at radius 2 is 1.75 bits per heavy atom. The van der Waals surface area contributed by atoms with Crippen molar-refractivity contribution in [3.05, 3.63) is 75.7 Å². The van der Waals surface area contributed by atoms with Gasteiger partial charge < -0.3 is 15.8 Å². The Morgan fingerprint density at radius 3 is 2.38 bits per heavy atom. The predicted molar refractivity (Wildman–Crippen MR) is 127 cm³/mol. The molecule has 32 heavy (non-hydrogen) atoms. The fraction of sp³-hybridized carbons (Fsp3) is 0.308. The molecule has 3 aromatic rings. The molecule has 3 N–H and O–H groups in total. The standard InChI is InChI=1S/C26H26N2O3S/c1-2-7-15-12-13-18-21(14-15)32-26(23(18)24(27)29)28-25(30)22-16-8-3-5-10-19(16)31-20-11-6-4-9-17(20)22/h3-6,8-11,15,22H,2,7,12-14H2,1H3,(H2,27,29)(H,28,30)/t15-/m0/s1. The maximum absolute atomic E-state index is 13.6. The molecule has 2 aromatic carbocycles. The Hall–Kier alpha value is -3.12. The summed E-state index contributed by atoms with van der Waals surface area (Å²) in [7, 11) is 0. The zero-order valence-corrected chi connectivity index (χ0v) is 18.8. The number of primary amides is 1. The number of benzene rings is 2. The van der Waals surface area contributed by atoms with Crippen LogP contribution in [0.15, 0.2) is 48.5 Å². The highest BCUT2D eigenvalue weighted by Gasteiger charge is 2.34. The highest BCUT2D eigenvalue weighted by Crippen LogP contribution is 2.46. The van der Waals surface area contributed by atoms with Crippen LogP contribution < -0.4 is 15.8 Å². The molecule has 1 atom stereocenters. The molecule has 0 unspecified atom stereocenters. The summed E-state index contributed by atoms with van der Waals surface area (Å²) in [4.78, 5) is 27.2. The van der Waals surface area contributed by atoms with Crippen molar-refractivity contribution in [1.82, 2.24) is 0 Å². The monoisotopic (exact) mass is 446 g/mol. The van der Waals surface area contributed by atoms with Gasteiger partial charge >= 0.3 is 0 Å². The van der Waals surface area contributed by atoms with Crippen LogP contribution in [-0.4, -0.2) is 11.8 Å². The summed E-state index contributed by atoms with van der Waals surface area (Å²) >= 11 is 1.51. The van der Waals surface area contributed by atoms with E-state index in [1.54, 1.807) is 0 Å². The number of amides is 2. The topological polar surface area (TPSA) is 81.4 Å². The molecule has 2 aliphatic rings. The van der Waals surface area contributed by atoms with Crippen LogP contribution in [0.25, 0.3) is 0 Å². The van der Waals surface area contributed by atoms with Gasteiger partial charge in [-0.1, -0.05) is 56.2 Å². The number of ether oxygens (including phenoxy) is 1. The number of nitrogens with one attached hydrogen (secondary N) is 1. The van der Waals surface area contributed by atoms with Crippen LogP contribution in [0.2, 0.25) is 0 Å². The molecule has 0 radical (unpaired) electrons. The number of anilines is 1. The van der Waals surface area contributed by atoms with Crippen LogP contribution in [0, 0.1) is 5.92 Å². The molecule has 0 spiro atoms. The molecular formula is C26H26N2O3S. The molecule has 5 nitrogen and oxygen atoms in total. The maximum atomic E-state index is 13.6. The van der Waals surface area contributed by atoms with Gasteiger partial charge in [0.05, 0.1) is 11.5 Å². The maximum Gasteiger partial charge on any atom is 0.251 e. The minimum Gasteiger partial charge on any atom is -0.457 e. The normalized spacial score (nSPS) is 17.0. The first-order valence-electron chi connectivity index (χ1n) is 11.2. The van der Waals surface area contributed by atoms with E-state index in [2.05, 4.69) is 12.2 Å². The summed E-state index contributed by atoms with van der Waals surface area (Å²) in [6, 6.07) is 15.2. The van der Waals surface area contributed by atoms with Crippen LogP contribution in [0.1, 0.15) is 64.0 Å². The van der Waals surface area contributed by atoms with Gasteiger partial charge in [0.25, 0.3) is 5.91 Å². The first-order valence-corrected chi connectivity index (χ1v) is 12.0. The summed E-state index contributed by atoms with van der Waals surface area (Å²) in [5, 5.41) is 3.65. The SMILES string of the molecule is CCC[C@H]1CCc2c(sc(NC(=O)C3c4ccccc4Oc4ccccc43)c2C(N)=O)C1. The Kier molecular flexibility index (Phi) is 5.47. The van der Waals surface area contributed by atoms with Gasteiger partial charge in [-0.2, -0.15) is 0 Å². The smallest absolute Gasteiger partial charge is 0.251 e. The van der Waals surface area contributed by atoms with E-state index in [4.69, 9.17) is 10.5 Å². The lowest BCUT2D eigenvalue weighted by atomic mass is 9.84. The second kappa shape index (κ2) is 8.43. The lowest BCUT2D eigenvalue weighted by Crippen LogP contribution is -2.26. The van der Waals surface area contributed by atoms with Crippen molar-refractivity contribution in [3.8, 4) is 11.5 Å². The van der Waals surface area contributed by atoms with Crippen molar-refractivity contribution in [1.29, 1.82) is 0 Å². The molecule has 5 rings (SSSR count). The average molecular weight is 447 g/mol. The van der Waals surface area contributed by atoms with Gasteiger partial charge in [0.15, 0.2) is 0 Å². The zero-order valence-electron chi connectivity index (χ0n) is 18.0. The van der Waals surface area contributed by atoms with E-state index in [1.165, 1.54) is 22.6 Å². The Balaban J connectivity index is 1.51. The molecule has 1 aliphatic heterocycles. The lowest BCUT2D eigenvalue weighted by Gasteiger charge is -2.27. The largest absolute Gasteiger partial charge is 0.457 e. The summed E-state index contributed by atoms with van der Waals surface area (Å²) in [5.74, 6) is 0.802. The van der Waals surface area contributed by atoms with Crippen molar-refractivity contribution in [2.45, 2.75) is 44.9 Å². The average Bonchev–Trinajstić information content (AvgIpc) is 3.14. The molecule has 2 heterocycles. The molecule has 0 bridgehead atoms. The van der Waals surface area contributed by atoms with Gasteiger partial charge in [0.1, 0.15) is 16.5 Å². The van der Waals surface area contributed by atoms with E-state index in [1.807, 2.05) is 48.5 Å². The lowest BCUT2D eigenvalue weighted by molar-refractivity contribution is -0.116.